The fraction of sp³-hybridized carbons (Fsp3) is 0.133. The van der Waals surface area contributed by atoms with Gasteiger partial charge in [-0.1, -0.05) is 18.2 Å². The third-order valence-corrected chi connectivity index (χ3v) is 2.77. The lowest BCUT2D eigenvalue weighted by molar-refractivity contribution is 0.102. The number of carbonyl (C=O) groups excluding carboxylic acids is 1. The SMILES string of the molecule is Cc1ccc(NC(=O)c2ccc(CO)cc2)c(F)c1. The van der Waals surface area contributed by atoms with Gasteiger partial charge in [-0.15, -0.1) is 0 Å². The van der Waals surface area contributed by atoms with Crippen molar-refractivity contribution in [2.45, 2.75) is 13.5 Å². The number of aliphatic hydroxyl groups is 1. The average molecular weight is 259 g/mol. The van der Waals surface area contributed by atoms with Crippen molar-refractivity contribution in [3.8, 4) is 0 Å². The van der Waals surface area contributed by atoms with E-state index in [9.17, 15) is 9.18 Å². The molecule has 1 amide bonds. The summed E-state index contributed by atoms with van der Waals surface area (Å²) in [6, 6.07) is 11.1. The van der Waals surface area contributed by atoms with Crippen LogP contribution in [0.1, 0.15) is 21.5 Å². The number of benzene rings is 2. The van der Waals surface area contributed by atoms with Crippen LogP contribution in [-0.2, 0) is 6.61 Å². The number of anilines is 1. The van der Waals surface area contributed by atoms with Crippen LogP contribution < -0.4 is 5.32 Å². The molecule has 0 spiro atoms. The van der Waals surface area contributed by atoms with Crippen molar-refractivity contribution in [1.82, 2.24) is 0 Å². The van der Waals surface area contributed by atoms with E-state index in [1.807, 2.05) is 0 Å². The summed E-state index contributed by atoms with van der Waals surface area (Å²) in [5, 5.41) is 11.4. The molecule has 4 heteroatoms. The van der Waals surface area contributed by atoms with Gasteiger partial charge in [0.05, 0.1) is 12.3 Å². The lowest BCUT2D eigenvalue weighted by Crippen LogP contribution is -2.13. The summed E-state index contributed by atoms with van der Waals surface area (Å²) in [5.74, 6) is -0.840. The van der Waals surface area contributed by atoms with Crippen LogP contribution >= 0.6 is 0 Å². The Morgan fingerprint density at radius 2 is 1.89 bits per heavy atom. The monoisotopic (exact) mass is 259 g/mol. The van der Waals surface area contributed by atoms with E-state index in [2.05, 4.69) is 5.32 Å². The summed E-state index contributed by atoms with van der Waals surface area (Å²) >= 11 is 0. The molecule has 0 saturated carbocycles. The van der Waals surface area contributed by atoms with Crippen LogP contribution in [0.5, 0.6) is 0 Å². The van der Waals surface area contributed by atoms with E-state index in [0.29, 0.717) is 5.56 Å². The van der Waals surface area contributed by atoms with Gasteiger partial charge in [0.25, 0.3) is 5.91 Å². The van der Waals surface area contributed by atoms with Gasteiger partial charge in [-0.2, -0.15) is 0 Å². The third kappa shape index (κ3) is 3.17. The zero-order valence-electron chi connectivity index (χ0n) is 10.5. The standard InChI is InChI=1S/C15H14FNO2/c1-10-2-7-14(13(16)8-10)17-15(19)12-5-3-11(9-18)4-6-12/h2-8,18H,9H2,1H3,(H,17,19). The van der Waals surface area contributed by atoms with E-state index >= 15 is 0 Å². The number of halogens is 1. The average Bonchev–Trinajstić information content (AvgIpc) is 2.42. The normalized spacial score (nSPS) is 10.3. The van der Waals surface area contributed by atoms with Gasteiger partial charge >= 0.3 is 0 Å². The molecule has 0 heterocycles. The van der Waals surface area contributed by atoms with Crippen molar-refractivity contribution < 1.29 is 14.3 Å². The van der Waals surface area contributed by atoms with Crippen molar-refractivity contribution in [3.05, 3.63) is 65.0 Å². The van der Waals surface area contributed by atoms with Crippen molar-refractivity contribution >= 4 is 11.6 Å². The minimum Gasteiger partial charge on any atom is -0.392 e. The van der Waals surface area contributed by atoms with Crippen LogP contribution in [0, 0.1) is 12.7 Å². The van der Waals surface area contributed by atoms with Gasteiger partial charge in [0.2, 0.25) is 0 Å². The molecule has 2 N–H and O–H groups in total. The Morgan fingerprint density at radius 3 is 2.47 bits per heavy atom. The molecule has 3 nitrogen and oxygen atoms in total. The quantitative estimate of drug-likeness (QED) is 0.890. The second-order valence-corrected chi connectivity index (χ2v) is 4.29. The van der Waals surface area contributed by atoms with E-state index in [1.165, 1.54) is 12.1 Å². The van der Waals surface area contributed by atoms with Crippen LogP contribution in [0.25, 0.3) is 0 Å². The minimum atomic E-state index is -0.458. The van der Waals surface area contributed by atoms with E-state index in [4.69, 9.17) is 5.11 Å². The largest absolute Gasteiger partial charge is 0.392 e. The number of aliphatic hydroxyl groups excluding tert-OH is 1. The molecule has 0 saturated heterocycles. The van der Waals surface area contributed by atoms with Crippen molar-refractivity contribution in [2.75, 3.05) is 5.32 Å². The molecule has 0 aliphatic heterocycles. The maximum atomic E-state index is 13.6. The number of amides is 1. The lowest BCUT2D eigenvalue weighted by atomic mass is 10.1. The number of nitrogens with one attached hydrogen (secondary N) is 1. The number of rotatable bonds is 3. The van der Waals surface area contributed by atoms with Crippen molar-refractivity contribution in [2.24, 2.45) is 0 Å². The highest BCUT2D eigenvalue weighted by atomic mass is 19.1. The minimum absolute atomic E-state index is 0.0749. The topological polar surface area (TPSA) is 49.3 Å². The highest BCUT2D eigenvalue weighted by Gasteiger charge is 2.09. The zero-order chi connectivity index (χ0) is 13.8. The molecule has 2 rings (SSSR count). The predicted octanol–water partition coefficient (Wildman–Crippen LogP) is 2.88. The highest BCUT2D eigenvalue weighted by molar-refractivity contribution is 6.04. The number of hydrogen-bond acceptors (Lipinski definition) is 2. The molecule has 0 fully saturated rings. The van der Waals surface area contributed by atoms with Crippen LogP contribution in [0.15, 0.2) is 42.5 Å². The van der Waals surface area contributed by atoms with Gasteiger partial charge in [-0.05, 0) is 42.3 Å². The Kier molecular flexibility index (Phi) is 3.92. The van der Waals surface area contributed by atoms with Gasteiger partial charge in [0.1, 0.15) is 5.82 Å². The zero-order valence-corrected chi connectivity index (χ0v) is 10.5. The maximum absolute atomic E-state index is 13.6. The maximum Gasteiger partial charge on any atom is 0.255 e. The fourth-order valence-electron chi connectivity index (χ4n) is 1.68. The first-order chi connectivity index (χ1) is 9.10. The Hall–Kier alpha value is -2.20. The predicted molar refractivity (Wildman–Crippen MR) is 71.5 cm³/mol. The molecule has 0 aliphatic carbocycles. The number of hydrogen-bond donors (Lipinski definition) is 2. The molecular formula is C15H14FNO2. The smallest absolute Gasteiger partial charge is 0.255 e. The second kappa shape index (κ2) is 5.63. The van der Waals surface area contributed by atoms with Crippen molar-refractivity contribution in [1.29, 1.82) is 0 Å². The van der Waals surface area contributed by atoms with Crippen LogP contribution in [0.4, 0.5) is 10.1 Å². The Balaban J connectivity index is 2.15. The van der Waals surface area contributed by atoms with E-state index in [1.54, 1.807) is 37.3 Å². The molecular weight excluding hydrogens is 245 g/mol. The van der Waals surface area contributed by atoms with Crippen LogP contribution in [0.2, 0.25) is 0 Å². The Morgan fingerprint density at radius 1 is 1.21 bits per heavy atom. The van der Waals surface area contributed by atoms with E-state index in [-0.39, 0.29) is 18.2 Å². The van der Waals surface area contributed by atoms with Crippen LogP contribution in [-0.4, -0.2) is 11.0 Å². The van der Waals surface area contributed by atoms with Crippen molar-refractivity contribution in [3.63, 3.8) is 0 Å². The lowest BCUT2D eigenvalue weighted by Gasteiger charge is -2.07. The summed E-state index contributed by atoms with van der Waals surface area (Å²) < 4.78 is 13.6. The molecule has 2 aromatic rings. The Bertz CT molecular complexity index is 594. The highest BCUT2D eigenvalue weighted by Crippen LogP contribution is 2.16. The Labute approximate surface area is 110 Å². The third-order valence-electron chi connectivity index (χ3n) is 2.77. The molecule has 2 aromatic carbocycles. The fourth-order valence-corrected chi connectivity index (χ4v) is 1.68. The first-order valence-corrected chi connectivity index (χ1v) is 5.87. The van der Waals surface area contributed by atoms with E-state index in [0.717, 1.165) is 11.1 Å². The molecule has 0 radical (unpaired) electrons. The van der Waals surface area contributed by atoms with E-state index < -0.39 is 5.82 Å². The molecule has 0 unspecified atom stereocenters. The molecule has 0 aromatic heterocycles. The van der Waals surface area contributed by atoms with Crippen LogP contribution in [0.3, 0.4) is 0 Å². The molecule has 98 valence electrons. The number of aryl methyl sites for hydroxylation is 1. The summed E-state index contributed by atoms with van der Waals surface area (Å²) in [4.78, 5) is 11.9. The molecule has 0 bridgehead atoms. The van der Waals surface area contributed by atoms with Gasteiger partial charge in [0, 0.05) is 5.56 Å². The summed E-state index contributed by atoms with van der Waals surface area (Å²) in [6.45, 7) is 1.71. The van der Waals surface area contributed by atoms with Gasteiger partial charge < -0.3 is 10.4 Å². The summed E-state index contributed by atoms with van der Waals surface area (Å²) in [7, 11) is 0. The first-order valence-electron chi connectivity index (χ1n) is 5.87. The van der Waals surface area contributed by atoms with Gasteiger partial charge in [0.15, 0.2) is 0 Å². The molecule has 0 atom stereocenters. The summed E-state index contributed by atoms with van der Waals surface area (Å²) in [5.41, 5.74) is 2.08. The van der Waals surface area contributed by atoms with Gasteiger partial charge in [-0.25, -0.2) is 4.39 Å². The molecule has 19 heavy (non-hydrogen) atoms. The first kappa shape index (κ1) is 13.2. The van der Waals surface area contributed by atoms with Gasteiger partial charge in [-0.3, -0.25) is 4.79 Å². The number of carbonyl (C=O) groups is 1. The second-order valence-electron chi connectivity index (χ2n) is 4.29. The summed E-state index contributed by atoms with van der Waals surface area (Å²) in [6.07, 6.45) is 0. The molecule has 0 aliphatic rings.